The van der Waals surface area contributed by atoms with E-state index in [-0.39, 0.29) is 59.2 Å². The summed E-state index contributed by atoms with van der Waals surface area (Å²) in [6.45, 7) is 52.0. The molecule has 0 aromatic carbocycles. The van der Waals surface area contributed by atoms with Crippen LogP contribution in [-0.4, -0.2) is 95.1 Å². The van der Waals surface area contributed by atoms with Gasteiger partial charge in [-0.2, -0.15) is 0 Å². The van der Waals surface area contributed by atoms with Crippen LogP contribution in [0.3, 0.4) is 0 Å². The van der Waals surface area contributed by atoms with Gasteiger partial charge < -0.3 is 37.9 Å². The van der Waals surface area contributed by atoms with Crippen LogP contribution in [0.4, 0.5) is 0 Å². The van der Waals surface area contributed by atoms with Crippen molar-refractivity contribution in [2.24, 2.45) is 105 Å². The van der Waals surface area contributed by atoms with Crippen molar-refractivity contribution < 1.29 is 76.3 Å². The second-order valence-corrected chi connectivity index (χ2v) is 35.9. The van der Waals surface area contributed by atoms with Crippen LogP contribution in [-0.2, 0) is 76.3 Å². The summed E-state index contributed by atoms with van der Waals surface area (Å²) in [5.74, 6) is 6.77. The van der Waals surface area contributed by atoms with Gasteiger partial charge in [0.05, 0.1) is 28.3 Å². The van der Waals surface area contributed by atoms with E-state index in [1.165, 1.54) is 109 Å². The first-order chi connectivity index (χ1) is 48.2. The summed E-state index contributed by atoms with van der Waals surface area (Å²) in [7, 11) is 0. The Kier molecular flexibility index (Phi) is 33.8. The molecule has 0 aromatic heterocycles. The van der Waals surface area contributed by atoms with Gasteiger partial charge in [0, 0.05) is 6.42 Å². The van der Waals surface area contributed by atoms with E-state index in [1.54, 1.807) is 20.8 Å². The number of hydrogen-bond acceptors (Lipinski definition) is 16. The molecule has 16 heteroatoms. The fourth-order valence-electron chi connectivity index (χ4n) is 19.3. The van der Waals surface area contributed by atoms with Gasteiger partial charge in [0.1, 0.15) is 22.4 Å². The molecule has 0 radical (unpaired) electrons. The average Bonchev–Trinajstić information content (AvgIpc) is 1.62. The number of fused-ring (bicyclic) bond motifs is 2. The molecule has 4 atom stereocenters. The van der Waals surface area contributed by atoms with E-state index >= 15 is 0 Å². The molecular formula is C87H152O16. The Balaban J connectivity index is 0.000000282. The molecule has 0 heterocycles. The molecule has 14 aliphatic carbocycles. The fourth-order valence-corrected chi connectivity index (χ4v) is 19.3. The molecule has 16 nitrogen and oxygen atoms in total. The molecular weight excluding hydrogens is 1300 g/mol. The third-order valence-corrected chi connectivity index (χ3v) is 27.4. The van der Waals surface area contributed by atoms with Gasteiger partial charge in [-0.05, 0) is 340 Å². The summed E-state index contributed by atoms with van der Waals surface area (Å²) in [5.41, 5.74) is -4.73. The lowest BCUT2D eigenvalue weighted by Crippen LogP contribution is -2.59. The summed E-state index contributed by atoms with van der Waals surface area (Å²) in [6, 6.07) is 0. The Hall–Kier alpha value is -4.24. The molecule has 14 fully saturated rings. The molecule has 14 saturated carbocycles. The molecule has 14 bridgehead atoms. The van der Waals surface area contributed by atoms with Crippen molar-refractivity contribution in [1.29, 1.82) is 0 Å². The van der Waals surface area contributed by atoms with Gasteiger partial charge in [0.25, 0.3) is 0 Å². The first kappa shape index (κ1) is 91.1. The molecule has 14 aliphatic rings. The monoisotopic (exact) mass is 1450 g/mol. The van der Waals surface area contributed by atoms with Gasteiger partial charge in [-0.15, -0.1) is 0 Å². The fraction of sp³-hybridized carbons (Fsp3) is 0.908. The summed E-state index contributed by atoms with van der Waals surface area (Å²) < 4.78 is 45.3. The molecule has 0 aliphatic heterocycles. The van der Waals surface area contributed by atoms with Gasteiger partial charge in [-0.1, -0.05) is 90.0 Å². The second-order valence-electron chi connectivity index (χ2n) is 35.9. The van der Waals surface area contributed by atoms with Gasteiger partial charge in [-0.3, -0.25) is 24.0 Å². The topological polar surface area (TPSA) is 210 Å². The van der Waals surface area contributed by atoms with Crippen LogP contribution >= 0.6 is 0 Å². The maximum absolute atomic E-state index is 12.9. The summed E-state index contributed by atoms with van der Waals surface area (Å²) in [4.78, 5) is 98.4. The van der Waals surface area contributed by atoms with Crippen molar-refractivity contribution in [3.8, 4) is 0 Å². The van der Waals surface area contributed by atoms with Crippen LogP contribution in [0.1, 0.15) is 354 Å². The molecule has 596 valence electrons. The van der Waals surface area contributed by atoms with Crippen LogP contribution < -0.4 is 0 Å². The third kappa shape index (κ3) is 22.0. The highest BCUT2D eigenvalue weighted by Crippen LogP contribution is 2.63. The number of carbonyl (C=O) groups excluding carboxylic acids is 8. The van der Waals surface area contributed by atoms with Crippen molar-refractivity contribution in [1.82, 2.24) is 0 Å². The zero-order valence-corrected chi connectivity index (χ0v) is 70.5. The smallest absolute Gasteiger partial charge is 0.350 e. The van der Waals surface area contributed by atoms with Gasteiger partial charge >= 0.3 is 47.8 Å². The van der Waals surface area contributed by atoms with E-state index in [4.69, 9.17) is 37.9 Å². The van der Waals surface area contributed by atoms with E-state index < -0.39 is 50.9 Å². The van der Waals surface area contributed by atoms with E-state index in [0.29, 0.717) is 86.1 Å². The van der Waals surface area contributed by atoms with E-state index in [1.807, 2.05) is 138 Å². The van der Waals surface area contributed by atoms with Crippen LogP contribution in [0.15, 0.2) is 0 Å². The molecule has 0 N–H and O–H groups in total. The van der Waals surface area contributed by atoms with E-state index in [9.17, 15) is 38.4 Å². The number of rotatable bonds is 23. The molecule has 0 spiro atoms. The molecule has 14 rings (SSSR count). The van der Waals surface area contributed by atoms with E-state index in [0.717, 1.165) is 61.2 Å². The predicted molar refractivity (Wildman–Crippen MR) is 408 cm³/mol. The van der Waals surface area contributed by atoms with Crippen LogP contribution in [0.25, 0.3) is 0 Å². The number of ether oxygens (including phenoxy) is 8. The standard InChI is InChI=1S/2C21H34O4.C20H32O4.C17H28O4.4C2H6/c1-7-19(2,3)17(22)24-20(4,5)18(23)25-21(6)15-9-13-8-14(11-15)12-16(21)10-13;1-5-20(2,3)19(23)24-8-6-7-18(22)25-21(4)16-10-14-9-15(12-16)13-17(21)11-14;1-6-19(3,4)18(22)23-12(2)17(21)24-20(5)15-8-13-7-14(10-15)11-16(20)9-13;1-5-16(3,4)15(19)20-11-14(18)21-17(6-2)10-12-7-8-13(17)9-12;4*1-2/h13-16H,7-12H2,1-6H3;14-17H,5-13H2,1-4H3;12-16H,6-11H2,1-5H3;12-13H,5-11H2,1-4H3;4*1-2H3. The second kappa shape index (κ2) is 38.2. The minimum absolute atomic E-state index is 0.124. The third-order valence-electron chi connectivity index (χ3n) is 27.4. The van der Waals surface area contributed by atoms with Gasteiger partial charge in [0.2, 0.25) is 5.60 Å². The van der Waals surface area contributed by atoms with Crippen LogP contribution in [0, 0.1) is 105 Å². The first-order valence-corrected chi connectivity index (χ1v) is 41.9. The molecule has 0 saturated heterocycles. The SMILES string of the molecule is CC.CC.CC.CC.CCC(C)(C)C(=O)OC(C)(C)C(=O)OC1(C)C2CC3CC(C2)CC1C3.CCC(C)(C)C(=O)OC(C)C(=O)OC1(C)C2CC3CC(C2)CC1C3.CCC(C)(C)C(=O)OCC(=O)OC1(CC)CC2CCC1C2.CCC(C)(C)C(=O)OCCCC(=O)OC1(C)C2CC3CC(C2)CC1C3. The molecule has 0 amide bonds. The maximum atomic E-state index is 12.9. The van der Waals surface area contributed by atoms with Crippen molar-refractivity contribution in [3.63, 3.8) is 0 Å². The predicted octanol–water partition coefficient (Wildman–Crippen LogP) is 20.7. The Labute approximate surface area is 626 Å². The highest BCUT2D eigenvalue weighted by Gasteiger charge is 2.61. The Bertz CT molecular complexity index is 2670. The highest BCUT2D eigenvalue weighted by atomic mass is 16.6. The number of hydrogen-bond donors (Lipinski definition) is 0. The van der Waals surface area contributed by atoms with Crippen molar-refractivity contribution in [2.75, 3.05) is 13.2 Å². The van der Waals surface area contributed by atoms with E-state index in [2.05, 4.69) is 27.7 Å². The maximum Gasteiger partial charge on any atom is 0.350 e. The minimum atomic E-state index is -1.25. The van der Waals surface area contributed by atoms with Crippen molar-refractivity contribution in [2.45, 2.75) is 388 Å². The summed E-state index contributed by atoms with van der Waals surface area (Å²) >= 11 is 0. The van der Waals surface area contributed by atoms with Crippen LogP contribution in [0.5, 0.6) is 0 Å². The van der Waals surface area contributed by atoms with Crippen LogP contribution in [0.2, 0.25) is 0 Å². The lowest BCUT2D eigenvalue weighted by molar-refractivity contribution is -0.221. The normalized spacial score (nSPS) is 33.4. The lowest BCUT2D eigenvalue weighted by atomic mass is 9.50. The number of carbonyl (C=O) groups is 8. The van der Waals surface area contributed by atoms with Gasteiger partial charge in [0.15, 0.2) is 12.7 Å². The zero-order chi connectivity index (χ0) is 78.2. The first-order valence-electron chi connectivity index (χ1n) is 41.9. The van der Waals surface area contributed by atoms with Gasteiger partial charge in [-0.25, -0.2) is 14.4 Å². The van der Waals surface area contributed by atoms with Crippen molar-refractivity contribution >= 4 is 47.8 Å². The molecule has 103 heavy (non-hydrogen) atoms. The number of esters is 8. The average molecular weight is 1450 g/mol. The summed E-state index contributed by atoms with van der Waals surface area (Å²) in [6.07, 6.45) is 26.8. The quantitative estimate of drug-likeness (QED) is 0.0529. The highest BCUT2D eigenvalue weighted by molar-refractivity contribution is 5.85. The zero-order valence-electron chi connectivity index (χ0n) is 70.5. The molecule has 0 aromatic rings. The Morgan fingerprint density at radius 3 is 1.07 bits per heavy atom. The minimum Gasteiger partial charge on any atom is -0.465 e. The largest absolute Gasteiger partial charge is 0.465 e. The Morgan fingerprint density at radius 2 is 0.718 bits per heavy atom. The Morgan fingerprint density at radius 1 is 0.379 bits per heavy atom. The van der Waals surface area contributed by atoms with Crippen molar-refractivity contribution in [3.05, 3.63) is 0 Å². The summed E-state index contributed by atoms with van der Waals surface area (Å²) in [5, 5.41) is 0. The lowest BCUT2D eigenvalue weighted by Gasteiger charge is -2.59. The molecule has 4 unspecified atom stereocenters.